The molecule has 0 saturated heterocycles. The summed E-state index contributed by atoms with van der Waals surface area (Å²) < 4.78 is 16.3. The molecular formula is C20H18O5. The van der Waals surface area contributed by atoms with E-state index in [1.165, 1.54) is 14.0 Å². The Morgan fingerprint density at radius 3 is 2.52 bits per heavy atom. The number of carbonyl (C=O) groups excluding carboxylic acids is 1. The van der Waals surface area contributed by atoms with E-state index in [2.05, 4.69) is 4.74 Å². The first-order chi connectivity index (χ1) is 12.0. The molecule has 0 spiro atoms. The van der Waals surface area contributed by atoms with Gasteiger partial charge in [-0.1, -0.05) is 42.0 Å². The van der Waals surface area contributed by atoms with Crippen LogP contribution in [0.15, 0.2) is 57.7 Å². The summed E-state index contributed by atoms with van der Waals surface area (Å²) in [6.07, 6.45) is -0.933. The van der Waals surface area contributed by atoms with Crippen LogP contribution in [-0.4, -0.2) is 19.2 Å². The Morgan fingerprint density at radius 2 is 1.84 bits per heavy atom. The van der Waals surface area contributed by atoms with E-state index in [4.69, 9.17) is 9.15 Å². The van der Waals surface area contributed by atoms with Crippen molar-refractivity contribution in [1.82, 2.24) is 0 Å². The highest BCUT2D eigenvalue weighted by Crippen LogP contribution is 2.31. The Kier molecular flexibility index (Phi) is 4.57. The predicted octanol–water partition coefficient (Wildman–Crippen LogP) is 3.71. The fourth-order valence-electron chi connectivity index (χ4n) is 2.57. The highest BCUT2D eigenvalue weighted by molar-refractivity contribution is 5.83. The third-order valence-electron chi connectivity index (χ3n) is 3.87. The topological polar surface area (TPSA) is 65.7 Å². The Bertz CT molecular complexity index is 973. The Hall–Kier alpha value is -3.08. The number of aryl methyl sites for hydroxylation is 1. The lowest BCUT2D eigenvalue weighted by atomic mass is 10.1. The number of ether oxygens (including phenoxy) is 2. The van der Waals surface area contributed by atoms with Crippen molar-refractivity contribution < 1.29 is 18.7 Å². The van der Waals surface area contributed by atoms with Gasteiger partial charge >= 0.3 is 5.97 Å². The van der Waals surface area contributed by atoms with Gasteiger partial charge in [-0.2, -0.15) is 0 Å². The van der Waals surface area contributed by atoms with Gasteiger partial charge in [-0.05, 0) is 26.0 Å². The zero-order chi connectivity index (χ0) is 18.0. The summed E-state index contributed by atoms with van der Waals surface area (Å²) in [5.74, 6) is -0.275. The van der Waals surface area contributed by atoms with Crippen molar-refractivity contribution in [3.63, 3.8) is 0 Å². The van der Waals surface area contributed by atoms with Gasteiger partial charge in [0.15, 0.2) is 11.9 Å². The molecule has 0 fully saturated rings. The number of hydrogen-bond donors (Lipinski definition) is 0. The monoisotopic (exact) mass is 338 g/mol. The fraction of sp³-hybridized carbons (Fsp3) is 0.200. The minimum atomic E-state index is -0.933. The average molecular weight is 338 g/mol. The van der Waals surface area contributed by atoms with E-state index in [0.29, 0.717) is 16.5 Å². The van der Waals surface area contributed by atoms with Gasteiger partial charge in [-0.25, -0.2) is 4.79 Å². The molecule has 0 radical (unpaired) electrons. The van der Waals surface area contributed by atoms with Crippen LogP contribution in [0.2, 0.25) is 0 Å². The maximum absolute atomic E-state index is 13.0. The molecule has 0 bridgehead atoms. The minimum Gasteiger partial charge on any atom is -0.471 e. The third-order valence-corrected chi connectivity index (χ3v) is 3.87. The first kappa shape index (κ1) is 16.8. The summed E-state index contributed by atoms with van der Waals surface area (Å²) >= 11 is 0. The fourth-order valence-corrected chi connectivity index (χ4v) is 2.57. The quantitative estimate of drug-likeness (QED) is 0.679. The van der Waals surface area contributed by atoms with Crippen LogP contribution >= 0.6 is 0 Å². The molecule has 0 unspecified atom stereocenters. The Labute approximate surface area is 144 Å². The second kappa shape index (κ2) is 6.81. The van der Waals surface area contributed by atoms with Gasteiger partial charge in [0.1, 0.15) is 5.58 Å². The maximum Gasteiger partial charge on any atom is 0.346 e. The average Bonchev–Trinajstić information content (AvgIpc) is 2.64. The Morgan fingerprint density at radius 1 is 1.12 bits per heavy atom. The standard InChI is InChI=1S/C20H18O5/c1-12-9-10-16-15(11-12)17(21)19(24-13(2)20(22)23-3)18(25-16)14-7-5-4-6-8-14/h4-11,13H,1-3H3/t13-/m1/s1. The van der Waals surface area contributed by atoms with Crippen molar-refractivity contribution in [2.45, 2.75) is 20.0 Å². The van der Waals surface area contributed by atoms with E-state index >= 15 is 0 Å². The van der Waals surface area contributed by atoms with Gasteiger partial charge < -0.3 is 13.9 Å². The van der Waals surface area contributed by atoms with E-state index in [0.717, 1.165) is 5.56 Å². The summed E-state index contributed by atoms with van der Waals surface area (Å²) in [7, 11) is 1.27. The van der Waals surface area contributed by atoms with E-state index in [1.807, 2.05) is 43.3 Å². The number of methoxy groups -OCH3 is 1. The van der Waals surface area contributed by atoms with Crippen LogP contribution in [0.25, 0.3) is 22.3 Å². The molecule has 0 saturated carbocycles. The molecule has 3 aromatic rings. The molecular weight excluding hydrogens is 320 g/mol. The molecule has 0 aliphatic rings. The van der Waals surface area contributed by atoms with E-state index < -0.39 is 12.1 Å². The number of carbonyl (C=O) groups is 1. The zero-order valence-electron chi connectivity index (χ0n) is 14.2. The van der Waals surface area contributed by atoms with Crippen molar-refractivity contribution in [2.24, 2.45) is 0 Å². The molecule has 25 heavy (non-hydrogen) atoms. The lowest BCUT2D eigenvalue weighted by Gasteiger charge is -2.15. The van der Waals surface area contributed by atoms with Crippen molar-refractivity contribution in [3.05, 3.63) is 64.3 Å². The summed E-state index contributed by atoms with van der Waals surface area (Å²) in [5.41, 5.74) is 1.76. The summed E-state index contributed by atoms with van der Waals surface area (Å²) in [4.78, 5) is 24.7. The van der Waals surface area contributed by atoms with Gasteiger partial charge in [0.2, 0.25) is 11.2 Å². The van der Waals surface area contributed by atoms with Crippen LogP contribution in [0.4, 0.5) is 0 Å². The molecule has 128 valence electrons. The highest BCUT2D eigenvalue weighted by Gasteiger charge is 2.23. The van der Waals surface area contributed by atoms with E-state index in [-0.39, 0.29) is 16.9 Å². The number of rotatable bonds is 4. The molecule has 1 aromatic heterocycles. The largest absolute Gasteiger partial charge is 0.471 e. The Balaban J connectivity index is 2.25. The molecule has 0 amide bonds. The normalized spacial score (nSPS) is 12.0. The van der Waals surface area contributed by atoms with Crippen molar-refractivity contribution >= 4 is 16.9 Å². The lowest BCUT2D eigenvalue weighted by Crippen LogP contribution is -2.27. The predicted molar refractivity (Wildman–Crippen MR) is 94.8 cm³/mol. The molecule has 3 rings (SSSR count). The molecule has 1 atom stereocenters. The van der Waals surface area contributed by atoms with Crippen LogP contribution < -0.4 is 10.2 Å². The minimum absolute atomic E-state index is 0.00204. The van der Waals surface area contributed by atoms with E-state index in [1.54, 1.807) is 12.1 Å². The molecule has 0 aliphatic heterocycles. The first-order valence-electron chi connectivity index (χ1n) is 7.88. The van der Waals surface area contributed by atoms with Crippen LogP contribution in [0.1, 0.15) is 12.5 Å². The highest BCUT2D eigenvalue weighted by atomic mass is 16.6. The number of benzene rings is 2. The lowest BCUT2D eigenvalue weighted by molar-refractivity contribution is -0.147. The maximum atomic E-state index is 13.0. The second-order valence-electron chi connectivity index (χ2n) is 5.74. The summed E-state index contributed by atoms with van der Waals surface area (Å²) in [6, 6.07) is 14.5. The SMILES string of the molecule is COC(=O)[C@@H](C)Oc1c(-c2ccccc2)oc2ccc(C)cc2c1=O. The van der Waals surface area contributed by atoms with Gasteiger partial charge in [0.05, 0.1) is 12.5 Å². The van der Waals surface area contributed by atoms with Crippen LogP contribution in [0.5, 0.6) is 5.75 Å². The van der Waals surface area contributed by atoms with Crippen molar-refractivity contribution in [2.75, 3.05) is 7.11 Å². The molecule has 0 N–H and O–H groups in total. The van der Waals surface area contributed by atoms with Gasteiger partial charge in [-0.15, -0.1) is 0 Å². The van der Waals surface area contributed by atoms with Gasteiger partial charge in [0.25, 0.3) is 0 Å². The van der Waals surface area contributed by atoms with Crippen molar-refractivity contribution in [1.29, 1.82) is 0 Å². The number of fused-ring (bicyclic) bond motifs is 1. The van der Waals surface area contributed by atoms with Gasteiger partial charge in [-0.3, -0.25) is 4.79 Å². The molecule has 0 aliphatic carbocycles. The number of esters is 1. The van der Waals surface area contributed by atoms with Crippen LogP contribution in [-0.2, 0) is 9.53 Å². The first-order valence-corrected chi connectivity index (χ1v) is 7.88. The molecule has 5 nitrogen and oxygen atoms in total. The third kappa shape index (κ3) is 3.26. The van der Waals surface area contributed by atoms with Gasteiger partial charge in [0, 0.05) is 5.56 Å². The van der Waals surface area contributed by atoms with Crippen molar-refractivity contribution in [3.8, 4) is 17.1 Å². The van der Waals surface area contributed by atoms with E-state index in [9.17, 15) is 9.59 Å². The summed E-state index contributed by atoms with van der Waals surface area (Å²) in [5, 5.41) is 0.409. The number of hydrogen-bond acceptors (Lipinski definition) is 5. The molecule has 1 heterocycles. The zero-order valence-corrected chi connectivity index (χ0v) is 14.2. The second-order valence-corrected chi connectivity index (χ2v) is 5.74. The molecule has 5 heteroatoms. The molecule has 2 aromatic carbocycles. The van der Waals surface area contributed by atoms with Crippen LogP contribution in [0, 0.1) is 6.92 Å². The van der Waals surface area contributed by atoms with Crippen LogP contribution in [0.3, 0.4) is 0 Å². The summed E-state index contributed by atoms with van der Waals surface area (Å²) in [6.45, 7) is 3.42. The smallest absolute Gasteiger partial charge is 0.346 e.